The van der Waals surface area contributed by atoms with Gasteiger partial charge in [0.25, 0.3) is 0 Å². The van der Waals surface area contributed by atoms with Gasteiger partial charge in [0, 0.05) is 54.1 Å². The van der Waals surface area contributed by atoms with E-state index in [1.54, 1.807) is 19.4 Å². The summed E-state index contributed by atoms with van der Waals surface area (Å²) in [7, 11) is 3.58. The number of rotatable bonds is 10. The van der Waals surface area contributed by atoms with Crippen LogP contribution in [0.4, 0.5) is 4.39 Å². The second kappa shape index (κ2) is 13.3. The van der Waals surface area contributed by atoms with Gasteiger partial charge in [0.15, 0.2) is 0 Å². The van der Waals surface area contributed by atoms with Crippen molar-refractivity contribution >= 4 is 22.5 Å². The van der Waals surface area contributed by atoms with E-state index in [0.29, 0.717) is 31.2 Å². The number of para-hydroxylation sites is 1. The molecule has 1 saturated heterocycles. The Kier molecular flexibility index (Phi) is 9.39. The van der Waals surface area contributed by atoms with Crippen molar-refractivity contribution in [2.45, 2.75) is 70.4 Å². The number of amides is 1. The number of pyridine rings is 1. The van der Waals surface area contributed by atoms with Gasteiger partial charge < -0.3 is 25.3 Å². The fourth-order valence-corrected chi connectivity index (χ4v) is 6.08. The van der Waals surface area contributed by atoms with Crippen LogP contribution in [0.3, 0.4) is 0 Å². The lowest BCUT2D eigenvalue weighted by Gasteiger charge is -2.26. The van der Waals surface area contributed by atoms with Crippen LogP contribution >= 0.6 is 0 Å². The van der Waals surface area contributed by atoms with Gasteiger partial charge in [-0.25, -0.2) is 9.37 Å². The van der Waals surface area contributed by atoms with Crippen LogP contribution in [-0.4, -0.2) is 60.1 Å². The number of halogens is 1. The quantitative estimate of drug-likeness (QED) is 0.252. The van der Waals surface area contributed by atoms with Gasteiger partial charge >= 0.3 is 0 Å². The highest BCUT2D eigenvalue weighted by Crippen LogP contribution is 2.36. The standard InChI is InChI=1S/C33H42FN5O2/c1-4-22(23-16-27-28(20-37-33(27)36-19-23)26-12-8-9-13-31(26)41-3)17-29(34)30(38-24-10-6-5-7-11-24)18-32(40)39-15-14-25(21-39)35-2/h8-9,12-13,16-17,19-20,24-25,35,38H,4-7,10-11,14-15,18,21H2,1-3H3,(H,36,37)/b22-17+,30-29-. The molecule has 0 spiro atoms. The number of carbonyl (C=O) groups is 1. The number of fused-ring (bicyclic) bond motifs is 1. The summed E-state index contributed by atoms with van der Waals surface area (Å²) < 4.78 is 21.7. The van der Waals surface area contributed by atoms with Gasteiger partial charge in [-0.1, -0.05) is 44.4 Å². The molecule has 3 heterocycles. The normalized spacial score (nSPS) is 19.0. The van der Waals surface area contributed by atoms with Crippen molar-refractivity contribution in [3.05, 3.63) is 65.9 Å². The molecule has 0 bridgehead atoms. The largest absolute Gasteiger partial charge is 0.496 e. The molecule has 3 aromatic rings. The predicted molar refractivity (Wildman–Crippen MR) is 163 cm³/mol. The zero-order valence-electron chi connectivity index (χ0n) is 24.4. The van der Waals surface area contributed by atoms with E-state index in [2.05, 4.69) is 26.7 Å². The fourth-order valence-electron chi connectivity index (χ4n) is 6.08. The van der Waals surface area contributed by atoms with Crippen molar-refractivity contribution in [1.29, 1.82) is 0 Å². The third-order valence-electron chi connectivity index (χ3n) is 8.53. The molecule has 41 heavy (non-hydrogen) atoms. The van der Waals surface area contributed by atoms with Crippen LogP contribution in [0.1, 0.15) is 63.9 Å². The second-order valence-electron chi connectivity index (χ2n) is 11.1. The molecular weight excluding hydrogens is 517 g/mol. The molecule has 2 aliphatic rings. The minimum absolute atomic E-state index is 0.0282. The number of nitrogens with zero attached hydrogens (tertiary/aromatic N) is 2. The summed E-state index contributed by atoms with van der Waals surface area (Å²) in [6, 6.07) is 10.4. The third-order valence-corrected chi connectivity index (χ3v) is 8.53. The van der Waals surface area contributed by atoms with E-state index < -0.39 is 0 Å². The highest BCUT2D eigenvalue weighted by atomic mass is 19.1. The maximum absolute atomic E-state index is 16.1. The number of likely N-dealkylation sites (N-methyl/N-ethyl adjacent to an activating group) is 1. The number of methoxy groups -OCH3 is 1. The molecule has 218 valence electrons. The number of aromatic nitrogens is 2. The summed E-state index contributed by atoms with van der Waals surface area (Å²) >= 11 is 0. The highest BCUT2D eigenvalue weighted by molar-refractivity contribution is 5.96. The lowest BCUT2D eigenvalue weighted by Crippen LogP contribution is -2.36. The van der Waals surface area contributed by atoms with E-state index in [1.165, 1.54) is 6.42 Å². The predicted octanol–water partition coefficient (Wildman–Crippen LogP) is 6.35. The molecule has 1 saturated carbocycles. The Labute approximate surface area is 242 Å². The Morgan fingerprint density at radius 3 is 2.71 bits per heavy atom. The number of allylic oxidation sites excluding steroid dienone is 3. The molecule has 2 aromatic heterocycles. The Morgan fingerprint density at radius 2 is 1.98 bits per heavy atom. The van der Waals surface area contributed by atoms with Crippen LogP contribution in [0.25, 0.3) is 27.7 Å². The van der Waals surface area contributed by atoms with Crippen LogP contribution in [0.5, 0.6) is 5.75 Å². The van der Waals surface area contributed by atoms with E-state index in [9.17, 15) is 4.79 Å². The summed E-state index contributed by atoms with van der Waals surface area (Å²) in [4.78, 5) is 23.0. The Hall–Kier alpha value is -3.65. The third kappa shape index (κ3) is 6.64. The number of aromatic amines is 1. The van der Waals surface area contributed by atoms with E-state index >= 15 is 4.39 Å². The van der Waals surface area contributed by atoms with Crippen LogP contribution in [0, 0.1) is 0 Å². The summed E-state index contributed by atoms with van der Waals surface area (Å²) in [5, 5.41) is 7.64. The minimum Gasteiger partial charge on any atom is -0.496 e. The molecule has 1 unspecified atom stereocenters. The van der Waals surface area contributed by atoms with E-state index in [-0.39, 0.29) is 24.2 Å². The van der Waals surface area contributed by atoms with E-state index in [1.807, 2.05) is 49.3 Å². The van der Waals surface area contributed by atoms with Crippen molar-refractivity contribution in [1.82, 2.24) is 25.5 Å². The maximum Gasteiger partial charge on any atom is 0.228 e. The average Bonchev–Trinajstić information content (AvgIpc) is 3.67. The smallest absolute Gasteiger partial charge is 0.228 e. The molecule has 1 aliphatic carbocycles. The number of nitrogens with one attached hydrogen (secondary N) is 3. The molecule has 2 fully saturated rings. The second-order valence-corrected chi connectivity index (χ2v) is 11.1. The lowest BCUT2D eigenvalue weighted by atomic mass is 9.95. The summed E-state index contributed by atoms with van der Waals surface area (Å²) in [5.41, 5.74) is 4.78. The van der Waals surface area contributed by atoms with Gasteiger partial charge in [-0.2, -0.15) is 0 Å². The summed E-state index contributed by atoms with van der Waals surface area (Å²) in [6.07, 6.45) is 12.4. The van der Waals surface area contributed by atoms with Crippen molar-refractivity contribution in [3.63, 3.8) is 0 Å². The van der Waals surface area contributed by atoms with Gasteiger partial charge in [-0.15, -0.1) is 0 Å². The van der Waals surface area contributed by atoms with Crippen LogP contribution < -0.4 is 15.4 Å². The molecule has 1 amide bonds. The first-order valence-electron chi connectivity index (χ1n) is 14.9. The maximum atomic E-state index is 16.1. The molecule has 7 nitrogen and oxygen atoms in total. The molecule has 8 heteroatoms. The van der Waals surface area contributed by atoms with Crippen molar-refractivity contribution < 1.29 is 13.9 Å². The lowest BCUT2D eigenvalue weighted by molar-refractivity contribution is -0.129. The zero-order chi connectivity index (χ0) is 28.8. The zero-order valence-corrected chi connectivity index (χ0v) is 24.4. The van der Waals surface area contributed by atoms with Crippen molar-refractivity contribution in [2.24, 2.45) is 0 Å². The fraction of sp³-hybridized carbons (Fsp3) is 0.455. The van der Waals surface area contributed by atoms with Crippen molar-refractivity contribution in [3.8, 4) is 16.9 Å². The highest BCUT2D eigenvalue weighted by Gasteiger charge is 2.27. The van der Waals surface area contributed by atoms with Gasteiger partial charge in [0.1, 0.15) is 17.2 Å². The first kappa shape index (κ1) is 28.9. The number of ether oxygens (including phenoxy) is 1. The number of hydrogen-bond acceptors (Lipinski definition) is 5. The van der Waals surface area contributed by atoms with E-state index in [4.69, 9.17) is 4.74 Å². The molecule has 1 atom stereocenters. The Morgan fingerprint density at radius 1 is 1.17 bits per heavy atom. The number of hydrogen-bond donors (Lipinski definition) is 3. The Balaban J connectivity index is 1.47. The number of likely N-dealkylation sites (tertiary alicyclic amines) is 1. The average molecular weight is 560 g/mol. The van der Waals surface area contributed by atoms with Gasteiger partial charge in [-0.05, 0) is 62.1 Å². The SMILES string of the molecule is CC/C(=C\C(F)=C(/CC(=O)N1CCC(NC)C1)NC1CCCCC1)c1cnc2[nH]cc(-c3ccccc3OC)c2c1. The van der Waals surface area contributed by atoms with Gasteiger partial charge in [-0.3, -0.25) is 4.79 Å². The van der Waals surface area contributed by atoms with Crippen molar-refractivity contribution in [2.75, 3.05) is 27.2 Å². The van der Waals surface area contributed by atoms with E-state index in [0.717, 1.165) is 71.2 Å². The molecule has 1 aliphatic heterocycles. The topological polar surface area (TPSA) is 82.3 Å². The first-order chi connectivity index (χ1) is 20.0. The molecule has 0 radical (unpaired) electrons. The molecular formula is C33H42FN5O2. The van der Waals surface area contributed by atoms with Gasteiger partial charge in [0.2, 0.25) is 5.91 Å². The summed E-state index contributed by atoms with van der Waals surface area (Å²) in [6.45, 7) is 3.39. The number of H-pyrrole nitrogens is 1. The summed E-state index contributed by atoms with van der Waals surface area (Å²) in [5.74, 6) is 0.380. The monoisotopic (exact) mass is 559 g/mol. The van der Waals surface area contributed by atoms with Crippen LogP contribution in [-0.2, 0) is 4.79 Å². The molecule has 3 N–H and O–H groups in total. The first-order valence-corrected chi connectivity index (χ1v) is 14.9. The number of carbonyl (C=O) groups excluding carboxylic acids is 1. The van der Waals surface area contributed by atoms with Gasteiger partial charge in [0.05, 0.1) is 19.2 Å². The number of benzene rings is 1. The minimum atomic E-state index is -0.371. The Bertz CT molecular complexity index is 1420. The van der Waals surface area contributed by atoms with Crippen LogP contribution in [0.2, 0.25) is 0 Å². The molecule has 1 aromatic carbocycles. The van der Waals surface area contributed by atoms with Crippen LogP contribution in [0.15, 0.2) is 60.3 Å². The molecule has 5 rings (SSSR count).